The number of aryl methyl sites for hydroxylation is 2. The highest BCUT2D eigenvalue weighted by Gasteiger charge is 2.19. The van der Waals surface area contributed by atoms with Crippen molar-refractivity contribution in [1.29, 1.82) is 0 Å². The lowest BCUT2D eigenvalue weighted by Crippen LogP contribution is -2.43. The number of amides is 2. The predicted molar refractivity (Wildman–Crippen MR) is 114 cm³/mol. The van der Waals surface area contributed by atoms with Crippen LogP contribution in [0, 0.1) is 13.8 Å². The first-order valence-corrected chi connectivity index (χ1v) is 10.1. The molecule has 0 atom stereocenters. The van der Waals surface area contributed by atoms with E-state index in [1.807, 2.05) is 39.0 Å². The first-order valence-electron chi connectivity index (χ1n) is 10.1. The molecule has 1 heterocycles. The third-order valence-electron chi connectivity index (χ3n) is 4.86. The second kappa shape index (κ2) is 10.1. The molecule has 7 heteroatoms. The minimum Gasteiger partial charge on any atom is -0.490 e. The Morgan fingerprint density at radius 2 is 1.80 bits per heavy atom. The van der Waals surface area contributed by atoms with Gasteiger partial charge >= 0.3 is 0 Å². The van der Waals surface area contributed by atoms with Gasteiger partial charge in [0.15, 0.2) is 18.1 Å². The van der Waals surface area contributed by atoms with Gasteiger partial charge in [0.25, 0.3) is 11.8 Å². The smallest absolute Gasteiger partial charge is 0.260 e. The Hall–Kier alpha value is -3.06. The van der Waals surface area contributed by atoms with Crippen molar-refractivity contribution in [3.05, 3.63) is 53.1 Å². The van der Waals surface area contributed by atoms with Gasteiger partial charge in [-0.25, -0.2) is 0 Å². The Kier molecular flexibility index (Phi) is 7.30. The molecule has 2 amide bonds. The van der Waals surface area contributed by atoms with Crippen LogP contribution in [0.3, 0.4) is 0 Å². The average Bonchev–Trinajstić information content (AvgIpc) is 2.76. The summed E-state index contributed by atoms with van der Waals surface area (Å²) in [5.74, 6) is 0.528. The van der Waals surface area contributed by atoms with E-state index in [-0.39, 0.29) is 18.4 Å². The molecule has 2 aromatic rings. The van der Waals surface area contributed by atoms with E-state index < -0.39 is 0 Å². The number of nitrogens with zero attached hydrogens (tertiary/aromatic N) is 1. The molecule has 1 fully saturated rings. The van der Waals surface area contributed by atoms with Gasteiger partial charge in [-0.3, -0.25) is 9.59 Å². The monoisotopic (exact) mass is 412 g/mol. The first-order chi connectivity index (χ1) is 14.5. The maximum absolute atomic E-state index is 12.7. The number of hydrogen-bond donors (Lipinski definition) is 1. The molecule has 30 heavy (non-hydrogen) atoms. The summed E-state index contributed by atoms with van der Waals surface area (Å²) in [5, 5.41) is 2.94. The zero-order valence-electron chi connectivity index (χ0n) is 17.7. The van der Waals surface area contributed by atoms with Gasteiger partial charge in [-0.2, -0.15) is 0 Å². The van der Waals surface area contributed by atoms with Gasteiger partial charge in [-0.15, -0.1) is 0 Å². The average molecular weight is 412 g/mol. The third kappa shape index (κ3) is 5.51. The van der Waals surface area contributed by atoms with Crippen molar-refractivity contribution in [3.8, 4) is 11.5 Å². The molecule has 0 unspecified atom stereocenters. The molecule has 0 aromatic heterocycles. The number of hydrogen-bond acceptors (Lipinski definition) is 5. The number of ether oxygens (including phenoxy) is 3. The zero-order valence-corrected chi connectivity index (χ0v) is 17.7. The number of carbonyl (C=O) groups excluding carboxylic acids is 2. The molecule has 0 bridgehead atoms. The lowest BCUT2D eigenvalue weighted by molar-refractivity contribution is -0.137. The Balaban J connectivity index is 1.70. The van der Waals surface area contributed by atoms with Crippen molar-refractivity contribution in [2.75, 3.05) is 44.8 Å². The van der Waals surface area contributed by atoms with E-state index in [4.69, 9.17) is 14.2 Å². The lowest BCUT2D eigenvalue weighted by Gasteiger charge is -2.26. The van der Waals surface area contributed by atoms with E-state index in [1.54, 1.807) is 23.1 Å². The summed E-state index contributed by atoms with van der Waals surface area (Å²) in [6.07, 6.45) is 0. The van der Waals surface area contributed by atoms with E-state index in [9.17, 15) is 9.59 Å². The summed E-state index contributed by atoms with van der Waals surface area (Å²) >= 11 is 0. The number of anilines is 1. The van der Waals surface area contributed by atoms with Crippen LogP contribution in [-0.2, 0) is 9.53 Å². The quantitative estimate of drug-likeness (QED) is 0.756. The summed E-state index contributed by atoms with van der Waals surface area (Å²) in [6.45, 7) is 8.32. The van der Waals surface area contributed by atoms with Crippen molar-refractivity contribution in [2.24, 2.45) is 0 Å². The second-order valence-corrected chi connectivity index (χ2v) is 7.15. The molecule has 1 saturated heterocycles. The van der Waals surface area contributed by atoms with Gasteiger partial charge in [-0.05, 0) is 56.2 Å². The summed E-state index contributed by atoms with van der Waals surface area (Å²) in [4.78, 5) is 26.8. The number of benzene rings is 2. The predicted octanol–water partition coefficient (Wildman–Crippen LogP) is 3.19. The van der Waals surface area contributed by atoms with E-state index in [1.165, 1.54) is 0 Å². The number of rotatable bonds is 7. The Labute approximate surface area is 176 Å². The Bertz CT molecular complexity index is 906. The lowest BCUT2D eigenvalue weighted by atomic mass is 10.1. The van der Waals surface area contributed by atoms with E-state index in [2.05, 4.69) is 5.32 Å². The van der Waals surface area contributed by atoms with Crippen molar-refractivity contribution >= 4 is 17.5 Å². The fraction of sp³-hybridized carbons (Fsp3) is 0.391. The maximum atomic E-state index is 12.7. The highest BCUT2D eigenvalue weighted by molar-refractivity contribution is 6.05. The second-order valence-electron chi connectivity index (χ2n) is 7.15. The molecule has 2 aromatic carbocycles. The number of nitrogens with one attached hydrogen (secondary N) is 1. The van der Waals surface area contributed by atoms with Crippen molar-refractivity contribution in [3.63, 3.8) is 0 Å². The van der Waals surface area contributed by atoms with Crippen LogP contribution < -0.4 is 14.8 Å². The van der Waals surface area contributed by atoms with Crippen LogP contribution in [-0.4, -0.2) is 56.2 Å². The van der Waals surface area contributed by atoms with Crippen LogP contribution in [0.2, 0.25) is 0 Å². The van der Waals surface area contributed by atoms with E-state index in [0.29, 0.717) is 50.0 Å². The fourth-order valence-corrected chi connectivity index (χ4v) is 3.15. The minimum absolute atomic E-state index is 0.0892. The van der Waals surface area contributed by atoms with Gasteiger partial charge in [0, 0.05) is 24.3 Å². The number of carbonyl (C=O) groups is 2. The van der Waals surface area contributed by atoms with Crippen LogP contribution in [0.5, 0.6) is 11.5 Å². The largest absolute Gasteiger partial charge is 0.490 e. The molecule has 1 N–H and O–H groups in total. The highest BCUT2D eigenvalue weighted by atomic mass is 16.5. The molecule has 3 rings (SSSR count). The van der Waals surface area contributed by atoms with E-state index >= 15 is 0 Å². The summed E-state index contributed by atoms with van der Waals surface area (Å²) in [6, 6.07) is 10.9. The molecule has 0 aliphatic carbocycles. The topological polar surface area (TPSA) is 77.1 Å². The van der Waals surface area contributed by atoms with Crippen molar-refractivity contribution < 1.29 is 23.8 Å². The first kappa shape index (κ1) is 21.6. The zero-order chi connectivity index (χ0) is 21.5. The maximum Gasteiger partial charge on any atom is 0.260 e. The molecule has 0 saturated carbocycles. The Morgan fingerprint density at radius 1 is 1.03 bits per heavy atom. The van der Waals surface area contributed by atoms with E-state index in [0.717, 1.165) is 16.8 Å². The Morgan fingerprint density at radius 3 is 2.53 bits per heavy atom. The van der Waals surface area contributed by atoms with Crippen molar-refractivity contribution in [1.82, 2.24) is 4.90 Å². The van der Waals surface area contributed by atoms with Gasteiger partial charge in [-0.1, -0.05) is 12.1 Å². The molecule has 0 spiro atoms. The summed E-state index contributed by atoms with van der Waals surface area (Å²) in [7, 11) is 0. The summed E-state index contributed by atoms with van der Waals surface area (Å²) in [5.41, 5.74) is 3.28. The van der Waals surface area contributed by atoms with Gasteiger partial charge in [0.1, 0.15) is 0 Å². The molecule has 7 nitrogen and oxygen atoms in total. The van der Waals surface area contributed by atoms with Crippen LogP contribution in [0.15, 0.2) is 36.4 Å². The van der Waals surface area contributed by atoms with Crippen LogP contribution in [0.1, 0.15) is 28.4 Å². The normalized spacial score (nSPS) is 13.6. The van der Waals surface area contributed by atoms with Gasteiger partial charge in [0.05, 0.1) is 19.8 Å². The van der Waals surface area contributed by atoms with Crippen LogP contribution in [0.25, 0.3) is 0 Å². The molecule has 160 valence electrons. The SMILES string of the molecule is CCOc1cc(C(=O)Nc2cc(C)ccc2C)ccc1OCC(=O)N1CCOCC1. The van der Waals surface area contributed by atoms with Crippen LogP contribution in [0.4, 0.5) is 5.69 Å². The van der Waals surface area contributed by atoms with Crippen LogP contribution >= 0.6 is 0 Å². The van der Waals surface area contributed by atoms with Gasteiger partial charge in [0.2, 0.25) is 0 Å². The molecular weight excluding hydrogens is 384 g/mol. The fourth-order valence-electron chi connectivity index (χ4n) is 3.15. The summed E-state index contributed by atoms with van der Waals surface area (Å²) < 4.78 is 16.6. The highest BCUT2D eigenvalue weighted by Crippen LogP contribution is 2.29. The number of morpholine rings is 1. The molecule has 1 aliphatic heterocycles. The van der Waals surface area contributed by atoms with Crippen molar-refractivity contribution in [2.45, 2.75) is 20.8 Å². The molecule has 0 radical (unpaired) electrons. The molecule has 1 aliphatic rings. The third-order valence-corrected chi connectivity index (χ3v) is 4.86. The van der Waals surface area contributed by atoms with Gasteiger partial charge < -0.3 is 24.4 Å². The minimum atomic E-state index is -0.236. The standard InChI is InChI=1S/C23H28N2O5/c1-4-29-21-14-18(23(27)24-19-13-16(2)5-6-17(19)3)7-8-20(21)30-15-22(26)25-9-11-28-12-10-25/h5-8,13-14H,4,9-12,15H2,1-3H3,(H,24,27). The molecular formula is C23H28N2O5.